The minimum absolute atomic E-state index is 0.305. The van der Waals surface area contributed by atoms with Gasteiger partial charge >= 0.3 is 0 Å². The van der Waals surface area contributed by atoms with Crippen molar-refractivity contribution in [2.45, 2.75) is 32.6 Å². The summed E-state index contributed by atoms with van der Waals surface area (Å²) in [5.41, 5.74) is 7.70. The van der Waals surface area contributed by atoms with E-state index in [9.17, 15) is 0 Å². The summed E-state index contributed by atoms with van der Waals surface area (Å²) in [6, 6.07) is 7.86. The maximum atomic E-state index is 5.72. The molecule has 1 aromatic heterocycles. The zero-order chi connectivity index (χ0) is 12.3. The molecular weight excluding hydrogens is 214 g/mol. The van der Waals surface area contributed by atoms with Crippen LogP contribution in [0, 0.1) is 0 Å². The molecule has 0 bridgehead atoms. The van der Waals surface area contributed by atoms with E-state index in [-0.39, 0.29) is 0 Å². The first-order valence-corrected chi connectivity index (χ1v) is 5.82. The molecule has 17 heavy (non-hydrogen) atoms. The van der Waals surface area contributed by atoms with Crippen LogP contribution >= 0.6 is 0 Å². The Kier molecular flexibility index (Phi) is 3.42. The van der Waals surface area contributed by atoms with E-state index in [1.165, 1.54) is 5.56 Å². The second kappa shape index (κ2) is 4.99. The number of nitrogens with zero attached hydrogens (tertiary/aromatic N) is 2. The van der Waals surface area contributed by atoms with E-state index in [0.717, 1.165) is 24.4 Å². The second-order valence-electron chi connectivity index (χ2n) is 4.45. The van der Waals surface area contributed by atoms with Crippen molar-refractivity contribution in [2.24, 2.45) is 0 Å². The Morgan fingerprint density at radius 2 is 2.12 bits per heavy atom. The fourth-order valence-corrected chi connectivity index (χ4v) is 1.60. The van der Waals surface area contributed by atoms with Gasteiger partial charge in [-0.3, -0.25) is 0 Å². The van der Waals surface area contributed by atoms with Crippen LogP contribution in [-0.4, -0.2) is 10.1 Å². The van der Waals surface area contributed by atoms with Gasteiger partial charge in [-0.05, 0) is 24.1 Å². The van der Waals surface area contributed by atoms with Gasteiger partial charge in [-0.1, -0.05) is 31.1 Å². The number of aryl methyl sites for hydroxylation is 2. The van der Waals surface area contributed by atoms with E-state index in [4.69, 9.17) is 10.3 Å². The van der Waals surface area contributed by atoms with Gasteiger partial charge in [0, 0.05) is 18.0 Å². The molecule has 0 saturated heterocycles. The molecule has 4 nitrogen and oxygen atoms in total. The lowest BCUT2D eigenvalue weighted by Gasteiger charge is -1.99. The minimum atomic E-state index is 0.305. The van der Waals surface area contributed by atoms with Crippen LogP contribution in [0.15, 0.2) is 28.8 Å². The molecule has 2 aromatic rings. The minimum Gasteiger partial charge on any atom is -0.399 e. The zero-order valence-corrected chi connectivity index (χ0v) is 10.2. The molecule has 0 amide bonds. The van der Waals surface area contributed by atoms with E-state index in [0.29, 0.717) is 11.8 Å². The average molecular weight is 231 g/mol. The predicted molar refractivity (Wildman–Crippen MR) is 66.6 cm³/mol. The lowest BCUT2D eigenvalue weighted by Crippen LogP contribution is -1.94. The van der Waals surface area contributed by atoms with Crippen molar-refractivity contribution in [2.75, 3.05) is 5.73 Å². The molecule has 0 fully saturated rings. The highest BCUT2D eigenvalue weighted by Gasteiger charge is 2.09. The smallest absolute Gasteiger partial charge is 0.226 e. The van der Waals surface area contributed by atoms with Crippen molar-refractivity contribution >= 4 is 5.69 Å². The SMILES string of the molecule is CC(C)c1noc(CCc2cccc(N)c2)n1. The van der Waals surface area contributed by atoms with Crippen LogP contribution in [0.4, 0.5) is 5.69 Å². The summed E-state index contributed by atoms with van der Waals surface area (Å²) in [5.74, 6) is 1.77. The quantitative estimate of drug-likeness (QED) is 0.821. The molecule has 0 spiro atoms. The van der Waals surface area contributed by atoms with Crippen molar-refractivity contribution in [1.82, 2.24) is 10.1 Å². The first-order chi connectivity index (χ1) is 8.15. The first-order valence-electron chi connectivity index (χ1n) is 5.82. The molecule has 0 aliphatic rings. The van der Waals surface area contributed by atoms with Crippen molar-refractivity contribution in [3.63, 3.8) is 0 Å². The summed E-state index contributed by atoms with van der Waals surface area (Å²) in [5, 5.41) is 3.93. The molecule has 2 N–H and O–H groups in total. The van der Waals surface area contributed by atoms with Crippen molar-refractivity contribution in [3.05, 3.63) is 41.5 Å². The second-order valence-corrected chi connectivity index (χ2v) is 4.45. The van der Waals surface area contributed by atoms with Crippen LogP contribution in [0.3, 0.4) is 0 Å². The van der Waals surface area contributed by atoms with E-state index >= 15 is 0 Å². The molecule has 0 aliphatic carbocycles. The Morgan fingerprint density at radius 1 is 1.29 bits per heavy atom. The maximum absolute atomic E-state index is 5.72. The van der Waals surface area contributed by atoms with Gasteiger partial charge in [-0.15, -0.1) is 0 Å². The van der Waals surface area contributed by atoms with Crippen LogP contribution in [0.1, 0.15) is 37.0 Å². The van der Waals surface area contributed by atoms with Crippen LogP contribution in [0.2, 0.25) is 0 Å². The van der Waals surface area contributed by atoms with Gasteiger partial charge in [-0.2, -0.15) is 4.98 Å². The van der Waals surface area contributed by atoms with Gasteiger partial charge in [0.1, 0.15) is 0 Å². The number of hydrogen-bond acceptors (Lipinski definition) is 4. The normalized spacial score (nSPS) is 11.0. The largest absolute Gasteiger partial charge is 0.399 e. The fourth-order valence-electron chi connectivity index (χ4n) is 1.60. The third-order valence-corrected chi connectivity index (χ3v) is 2.58. The summed E-state index contributed by atoms with van der Waals surface area (Å²) in [4.78, 5) is 4.34. The summed E-state index contributed by atoms with van der Waals surface area (Å²) < 4.78 is 5.19. The van der Waals surface area contributed by atoms with E-state index in [1.54, 1.807) is 0 Å². The molecule has 0 aliphatic heterocycles. The van der Waals surface area contributed by atoms with E-state index < -0.39 is 0 Å². The van der Waals surface area contributed by atoms with Crippen molar-refractivity contribution in [3.8, 4) is 0 Å². The Morgan fingerprint density at radius 3 is 2.76 bits per heavy atom. The molecule has 2 rings (SSSR count). The molecule has 1 aromatic carbocycles. The van der Waals surface area contributed by atoms with Gasteiger partial charge in [0.15, 0.2) is 5.82 Å². The predicted octanol–water partition coefficient (Wildman–Crippen LogP) is 2.56. The van der Waals surface area contributed by atoms with Gasteiger partial charge < -0.3 is 10.3 Å². The van der Waals surface area contributed by atoms with Crippen LogP contribution in [0.5, 0.6) is 0 Å². The number of hydrogen-bond donors (Lipinski definition) is 1. The van der Waals surface area contributed by atoms with Crippen LogP contribution in [0.25, 0.3) is 0 Å². The highest BCUT2D eigenvalue weighted by molar-refractivity contribution is 5.40. The maximum Gasteiger partial charge on any atom is 0.226 e. The fraction of sp³-hybridized carbons (Fsp3) is 0.385. The Balaban J connectivity index is 1.97. The third-order valence-electron chi connectivity index (χ3n) is 2.58. The summed E-state index contributed by atoms with van der Waals surface area (Å²) in [7, 11) is 0. The van der Waals surface area contributed by atoms with Crippen LogP contribution in [-0.2, 0) is 12.8 Å². The lowest BCUT2D eigenvalue weighted by atomic mass is 10.1. The van der Waals surface area contributed by atoms with Crippen molar-refractivity contribution < 1.29 is 4.52 Å². The van der Waals surface area contributed by atoms with Gasteiger partial charge in [0.05, 0.1) is 0 Å². The molecular formula is C13H17N3O. The van der Waals surface area contributed by atoms with Gasteiger partial charge in [0.2, 0.25) is 5.89 Å². The number of rotatable bonds is 4. The summed E-state index contributed by atoms with van der Waals surface area (Å²) in [6.45, 7) is 4.10. The van der Waals surface area contributed by atoms with Gasteiger partial charge in [0.25, 0.3) is 0 Å². The monoisotopic (exact) mass is 231 g/mol. The lowest BCUT2D eigenvalue weighted by molar-refractivity contribution is 0.371. The molecule has 1 heterocycles. The zero-order valence-electron chi connectivity index (χ0n) is 10.2. The molecule has 0 radical (unpaired) electrons. The number of anilines is 1. The standard InChI is InChI=1S/C13H17N3O/c1-9(2)13-15-12(17-16-13)7-6-10-4-3-5-11(14)8-10/h3-5,8-9H,6-7,14H2,1-2H3. The number of nitrogens with two attached hydrogens (primary N) is 1. The first kappa shape index (κ1) is 11.6. The highest BCUT2D eigenvalue weighted by atomic mass is 16.5. The third kappa shape index (κ3) is 3.06. The van der Waals surface area contributed by atoms with Gasteiger partial charge in [-0.25, -0.2) is 0 Å². The van der Waals surface area contributed by atoms with E-state index in [1.807, 2.05) is 32.0 Å². The molecule has 0 atom stereocenters. The molecule has 0 saturated carbocycles. The topological polar surface area (TPSA) is 64.9 Å². The Bertz CT molecular complexity index is 491. The van der Waals surface area contributed by atoms with E-state index in [2.05, 4.69) is 16.2 Å². The number of benzene rings is 1. The summed E-state index contributed by atoms with van der Waals surface area (Å²) >= 11 is 0. The molecule has 4 heteroatoms. The van der Waals surface area contributed by atoms with Crippen LogP contribution < -0.4 is 5.73 Å². The molecule has 0 unspecified atom stereocenters. The number of aromatic nitrogens is 2. The summed E-state index contributed by atoms with van der Waals surface area (Å²) in [6.07, 6.45) is 1.62. The highest BCUT2D eigenvalue weighted by Crippen LogP contribution is 2.12. The van der Waals surface area contributed by atoms with Crippen molar-refractivity contribution in [1.29, 1.82) is 0 Å². The Labute approximate surface area is 101 Å². The average Bonchev–Trinajstić information content (AvgIpc) is 2.75. The molecule has 90 valence electrons. The number of nitrogen functional groups attached to an aromatic ring is 1. The Hall–Kier alpha value is -1.84.